The average Bonchev–Trinajstić information content (AvgIpc) is 3.24. The Morgan fingerprint density at radius 1 is 1.21 bits per heavy atom. The molecule has 2 heteroatoms. The van der Waals surface area contributed by atoms with Gasteiger partial charge in [0.1, 0.15) is 0 Å². The lowest BCUT2D eigenvalue weighted by Crippen LogP contribution is -2.36. The van der Waals surface area contributed by atoms with Gasteiger partial charge in [0.05, 0.1) is 0 Å². The third-order valence-electron chi connectivity index (χ3n) is 4.06. The minimum absolute atomic E-state index is 0.471. The number of likely N-dealkylation sites (N-methyl/N-ethyl adjacent to an activating group) is 1. The summed E-state index contributed by atoms with van der Waals surface area (Å²) in [7, 11) is 0. The first-order valence-corrected chi connectivity index (χ1v) is 7.74. The van der Waals surface area contributed by atoms with Gasteiger partial charge in [-0.3, -0.25) is 4.90 Å². The molecule has 1 aliphatic carbocycles. The lowest BCUT2D eigenvalue weighted by Gasteiger charge is -2.26. The molecule has 0 amide bonds. The molecule has 0 aliphatic heterocycles. The average molecular weight is 260 g/mol. The highest BCUT2D eigenvalue weighted by atomic mass is 15.2. The van der Waals surface area contributed by atoms with Crippen LogP contribution in [0.25, 0.3) is 0 Å². The molecule has 1 N–H and O–H groups in total. The van der Waals surface area contributed by atoms with Crippen molar-refractivity contribution in [3.63, 3.8) is 0 Å². The van der Waals surface area contributed by atoms with Gasteiger partial charge in [-0.25, -0.2) is 0 Å². The van der Waals surface area contributed by atoms with Crippen LogP contribution in [0, 0.1) is 5.92 Å². The molecule has 1 saturated carbocycles. The van der Waals surface area contributed by atoms with E-state index < -0.39 is 0 Å². The lowest BCUT2D eigenvalue weighted by atomic mass is 9.96. The van der Waals surface area contributed by atoms with E-state index >= 15 is 0 Å². The second kappa shape index (κ2) is 7.06. The molecule has 0 bridgehead atoms. The summed E-state index contributed by atoms with van der Waals surface area (Å²) in [6.07, 6.45) is 2.81. The number of hydrogen-bond donors (Lipinski definition) is 1. The van der Waals surface area contributed by atoms with Crippen LogP contribution < -0.4 is 5.32 Å². The monoisotopic (exact) mass is 260 g/mol. The van der Waals surface area contributed by atoms with Gasteiger partial charge in [0.15, 0.2) is 0 Å². The number of nitrogens with zero attached hydrogens (tertiary/aromatic N) is 1. The molecule has 106 valence electrons. The van der Waals surface area contributed by atoms with Crippen molar-refractivity contribution in [1.29, 1.82) is 0 Å². The molecule has 19 heavy (non-hydrogen) atoms. The maximum atomic E-state index is 3.74. The summed E-state index contributed by atoms with van der Waals surface area (Å²) in [5.41, 5.74) is 1.41. The quantitative estimate of drug-likeness (QED) is 0.770. The summed E-state index contributed by atoms with van der Waals surface area (Å²) in [4.78, 5) is 2.61. The highest BCUT2D eigenvalue weighted by molar-refractivity contribution is 5.19. The smallest absolute Gasteiger partial charge is 0.0343 e. The van der Waals surface area contributed by atoms with E-state index in [4.69, 9.17) is 0 Å². The summed E-state index contributed by atoms with van der Waals surface area (Å²) in [6.45, 7) is 10.3. The lowest BCUT2D eigenvalue weighted by molar-refractivity contribution is 0.266. The molecule has 1 aromatic carbocycles. The van der Waals surface area contributed by atoms with Crippen LogP contribution in [0.1, 0.15) is 45.2 Å². The Labute approximate surface area is 118 Å². The third-order valence-corrected chi connectivity index (χ3v) is 4.06. The molecular formula is C17H28N2. The van der Waals surface area contributed by atoms with Crippen LogP contribution >= 0.6 is 0 Å². The molecular weight excluding hydrogens is 232 g/mol. The van der Waals surface area contributed by atoms with Gasteiger partial charge in [0.25, 0.3) is 0 Å². The van der Waals surface area contributed by atoms with Crippen LogP contribution in [0.5, 0.6) is 0 Å². The molecule has 0 aromatic heterocycles. The second-order valence-electron chi connectivity index (χ2n) is 5.95. The van der Waals surface area contributed by atoms with Crippen molar-refractivity contribution in [3.05, 3.63) is 35.9 Å². The summed E-state index contributed by atoms with van der Waals surface area (Å²) in [5.74, 6) is 0.624. The van der Waals surface area contributed by atoms with Gasteiger partial charge in [-0.15, -0.1) is 0 Å². The first-order chi connectivity index (χ1) is 9.22. The van der Waals surface area contributed by atoms with E-state index in [0.717, 1.165) is 12.6 Å². The zero-order valence-electron chi connectivity index (χ0n) is 12.6. The maximum absolute atomic E-state index is 3.74. The number of hydrogen-bond acceptors (Lipinski definition) is 2. The zero-order chi connectivity index (χ0) is 13.7. The molecule has 0 saturated heterocycles. The van der Waals surface area contributed by atoms with Gasteiger partial charge in [-0.05, 0) is 30.9 Å². The Morgan fingerprint density at radius 2 is 1.89 bits per heavy atom. The number of nitrogens with one attached hydrogen (secondary N) is 1. The molecule has 0 spiro atoms. The molecule has 0 heterocycles. The summed E-state index contributed by atoms with van der Waals surface area (Å²) in [5, 5.41) is 3.74. The Kier molecular flexibility index (Phi) is 5.41. The summed E-state index contributed by atoms with van der Waals surface area (Å²) < 4.78 is 0. The van der Waals surface area contributed by atoms with E-state index in [2.05, 4.69) is 61.3 Å². The van der Waals surface area contributed by atoms with E-state index in [1.54, 1.807) is 0 Å². The van der Waals surface area contributed by atoms with E-state index in [9.17, 15) is 0 Å². The topological polar surface area (TPSA) is 15.3 Å². The van der Waals surface area contributed by atoms with E-state index in [-0.39, 0.29) is 0 Å². The van der Waals surface area contributed by atoms with Gasteiger partial charge in [0.2, 0.25) is 0 Å². The largest absolute Gasteiger partial charge is 0.308 e. The van der Waals surface area contributed by atoms with Crippen LogP contribution in [0.3, 0.4) is 0 Å². The van der Waals surface area contributed by atoms with Crippen LogP contribution in [-0.4, -0.2) is 30.6 Å². The molecule has 2 rings (SSSR count). The molecule has 1 aliphatic rings. The molecule has 1 atom stereocenters. The minimum atomic E-state index is 0.471. The predicted molar refractivity (Wildman–Crippen MR) is 82.3 cm³/mol. The van der Waals surface area contributed by atoms with Gasteiger partial charge >= 0.3 is 0 Å². The van der Waals surface area contributed by atoms with Crippen molar-refractivity contribution in [2.45, 2.75) is 45.7 Å². The first-order valence-electron chi connectivity index (χ1n) is 7.74. The van der Waals surface area contributed by atoms with Gasteiger partial charge in [0, 0.05) is 25.2 Å². The van der Waals surface area contributed by atoms with Crippen LogP contribution in [0.15, 0.2) is 30.3 Å². The third kappa shape index (κ3) is 4.32. The predicted octanol–water partition coefficient (Wildman–Crippen LogP) is 3.46. The molecule has 1 fully saturated rings. The number of benzene rings is 1. The molecule has 0 radical (unpaired) electrons. The summed E-state index contributed by atoms with van der Waals surface area (Å²) in [6, 6.07) is 12.2. The highest BCUT2D eigenvalue weighted by Gasteiger charge is 2.27. The number of rotatable bonds is 8. The Bertz CT molecular complexity index is 357. The van der Waals surface area contributed by atoms with Crippen molar-refractivity contribution < 1.29 is 0 Å². The fraction of sp³-hybridized carbons (Fsp3) is 0.647. The van der Waals surface area contributed by atoms with Crippen LogP contribution in [-0.2, 0) is 0 Å². The molecule has 1 aromatic rings. The summed E-state index contributed by atoms with van der Waals surface area (Å²) >= 11 is 0. The van der Waals surface area contributed by atoms with Crippen molar-refractivity contribution >= 4 is 0 Å². The van der Waals surface area contributed by atoms with E-state index in [0.29, 0.717) is 12.0 Å². The zero-order valence-corrected chi connectivity index (χ0v) is 12.6. The molecule has 1 unspecified atom stereocenters. The van der Waals surface area contributed by atoms with E-state index in [1.807, 2.05) is 0 Å². The van der Waals surface area contributed by atoms with Gasteiger partial charge in [-0.1, -0.05) is 51.1 Å². The van der Waals surface area contributed by atoms with Crippen LogP contribution in [0.2, 0.25) is 0 Å². The first kappa shape index (κ1) is 14.5. The fourth-order valence-electron chi connectivity index (χ4n) is 2.80. The second-order valence-corrected chi connectivity index (χ2v) is 5.95. The van der Waals surface area contributed by atoms with Crippen molar-refractivity contribution in [3.8, 4) is 0 Å². The Balaban J connectivity index is 1.84. The fourth-order valence-corrected chi connectivity index (χ4v) is 2.80. The SMILES string of the molecule is CCN(CCNC(c1ccccc1)C(C)C)C1CC1. The van der Waals surface area contributed by atoms with Crippen molar-refractivity contribution in [2.75, 3.05) is 19.6 Å². The standard InChI is InChI=1S/C17H28N2/c1-4-19(16-10-11-16)13-12-18-17(14(2)3)15-8-6-5-7-9-15/h5-9,14,16-18H,4,10-13H2,1-3H3. The normalized spacial score (nSPS) is 17.1. The Morgan fingerprint density at radius 3 is 2.42 bits per heavy atom. The Hall–Kier alpha value is -0.860. The maximum Gasteiger partial charge on any atom is 0.0343 e. The van der Waals surface area contributed by atoms with Crippen molar-refractivity contribution in [1.82, 2.24) is 10.2 Å². The molecule has 2 nitrogen and oxygen atoms in total. The van der Waals surface area contributed by atoms with Crippen molar-refractivity contribution in [2.24, 2.45) is 5.92 Å². The minimum Gasteiger partial charge on any atom is -0.308 e. The van der Waals surface area contributed by atoms with Crippen LogP contribution in [0.4, 0.5) is 0 Å². The van der Waals surface area contributed by atoms with E-state index in [1.165, 1.54) is 31.5 Å². The highest BCUT2D eigenvalue weighted by Crippen LogP contribution is 2.26. The van der Waals surface area contributed by atoms with Gasteiger partial charge < -0.3 is 5.32 Å². The van der Waals surface area contributed by atoms with Gasteiger partial charge in [-0.2, -0.15) is 0 Å².